The molecule has 1 fully saturated rings. The van der Waals surface area contributed by atoms with Gasteiger partial charge in [0.05, 0.1) is 0 Å². The molecule has 0 aromatic heterocycles. The fourth-order valence-corrected chi connectivity index (χ4v) is 3.35. The Kier molecular flexibility index (Phi) is 12.2. The van der Waals surface area contributed by atoms with Gasteiger partial charge >= 0.3 is 0 Å². The lowest BCUT2D eigenvalue weighted by Gasteiger charge is -2.06. The van der Waals surface area contributed by atoms with Crippen LogP contribution in [0.2, 0.25) is 0 Å². The zero-order valence-corrected chi connectivity index (χ0v) is 13.9. The quantitative estimate of drug-likeness (QED) is 0.401. The average molecular weight is 279 g/mol. The van der Waals surface area contributed by atoms with Gasteiger partial charge < -0.3 is 0 Å². The van der Waals surface area contributed by atoms with E-state index < -0.39 is 0 Å². The van der Waals surface area contributed by atoms with Crippen molar-refractivity contribution in [2.24, 2.45) is 0 Å². The topological polar surface area (TPSA) is 0 Å². The minimum atomic E-state index is 1.29. The zero-order valence-electron chi connectivity index (χ0n) is 13.9. The number of allylic oxidation sites excluding steroid dienone is 1. The van der Waals surface area contributed by atoms with E-state index in [0.29, 0.717) is 0 Å². The van der Waals surface area contributed by atoms with Crippen molar-refractivity contribution in [2.75, 3.05) is 0 Å². The average Bonchev–Trinajstić information content (AvgIpc) is 2.45. The Balaban J connectivity index is 2.10. The van der Waals surface area contributed by atoms with Gasteiger partial charge in [0.2, 0.25) is 0 Å². The molecule has 0 aromatic carbocycles. The summed E-state index contributed by atoms with van der Waals surface area (Å²) in [7, 11) is 0. The van der Waals surface area contributed by atoms with Gasteiger partial charge in [0, 0.05) is 0 Å². The van der Waals surface area contributed by atoms with Gasteiger partial charge in [-0.2, -0.15) is 0 Å². The Bertz CT molecular complexity index is 194. The summed E-state index contributed by atoms with van der Waals surface area (Å²) in [6, 6.07) is 0. The summed E-state index contributed by atoms with van der Waals surface area (Å²) in [5.41, 5.74) is 1.52. The summed E-state index contributed by atoms with van der Waals surface area (Å²) in [5.74, 6) is 0. The molecule has 1 aliphatic rings. The molecule has 118 valence electrons. The standard InChI is InChI=1S/C20H38/c1-20-18-16-14-12-10-8-6-4-2-3-5-7-9-11-13-15-17-19-20/h1-19H2. The number of rotatable bonds is 0. The van der Waals surface area contributed by atoms with Gasteiger partial charge in [0.15, 0.2) is 0 Å². The zero-order chi connectivity index (χ0) is 14.3. The molecule has 0 aromatic rings. The smallest absolute Gasteiger partial charge is 0.0323 e. The Morgan fingerprint density at radius 1 is 0.350 bits per heavy atom. The van der Waals surface area contributed by atoms with E-state index in [-0.39, 0.29) is 0 Å². The molecule has 0 bridgehead atoms. The number of hydrogen-bond donors (Lipinski definition) is 0. The van der Waals surface area contributed by atoms with Crippen molar-refractivity contribution in [1.82, 2.24) is 0 Å². The molecule has 0 heteroatoms. The minimum Gasteiger partial charge on any atom is -0.0999 e. The molecule has 0 spiro atoms. The van der Waals surface area contributed by atoms with Crippen LogP contribution in [0.15, 0.2) is 12.2 Å². The maximum absolute atomic E-state index is 4.26. The molecule has 0 unspecified atom stereocenters. The molecule has 0 atom stereocenters. The van der Waals surface area contributed by atoms with Crippen molar-refractivity contribution >= 4 is 0 Å². The summed E-state index contributed by atoms with van der Waals surface area (Å²) >= 11 is 0. The molecule has 0 nitrogen and oxygen atoms in total. The van der Waals surface area contributed by atoms with Crippen molar-refractivity contribution in [3.05, 3.63) is 12.2 Å². The van der Waals surface area contributed by atoms with Crippen molar-refractivity contribution in [1.29, 1.82) is 0 Å². The highest BCUT2D eigenvalue weighted by atomic mass is 14.0. The third kappa shape index (κ3) is 11.6. The predicted molar refractivity (Wildman–Crippen MR) is 92.2 cm³/mol. The van der Waals surface area contributed by atoms with E-state index in [4.69, 9.17) is 0 Å². The number of hydrogen-bond acceptors (Lipinski definition) is 0. The fourth-order valence-electron chi connectivity index (χ4n) is 3.35. The van der Waals surface area contributed by atoms with Gasteiger partial charge in [-0.05, 0) is 25.7 Å². The normalized spacial score (nSPS) is 23.5. The van der Waals surface area contributed by atoms with Crippen molar-refractivity contribution in [3.8, 4) is 0 Å². The fraction of sp³-hybridized carbons (Fsp3) is 0.900. The van der Waals surface area contributed by atoms with E-state index in [1.165, 1.54) is 121 Å². The second-order valence-electron chi connectivity index (χ2n) is 6.91. The predicted octanol–water partition coefficient (Wildman–Crippen LogP) is 7.58. The lowest BCUT2D eigenvalue weighted by molar-refractivity contribution is 0.531. The van der Waals surface area contributed by atoms with Gasteiger partial charge in [0.25, 0.3) is 0 Å². The molecule has 0 aliphatic heterocycles. The molecule has 0 amide bonds. The van der Waals surface area contributed by atoms with E-state index in [1.54, 1.807) is 0 Å². The second-order valence-corrected chi connectivity index (χ2v) is 6.91. The third-order valence-electron chi connectivity index (χ3n) is 4.81. The largest absolute Gasteiger partial charge is 0.0999 e. The van der Waals surface area contributed by atoms with E-state index in [1.807, 2.05) is 0 Å². The third-order valence-corrected chi connectivity index (χ3v) is 4.81. The van der Waals surface area contributed by atoms with Crippen LogP contribution in [-0.2, 0) is 0 Å². The summed E-state index contributed by atoms with van der Waals surface area (Å²) in [4.78, 5) is 0. The molecule has 0 N–H and O–H groups in total. The molecular weight excluding hydrogens is 240 g/mol. The molecule has 0 heterocycles. The first-order chi connectivity index (χ1) is 9.89. The Morgan fingerprint density at radius 2 is 0.550 bits per heavy atom. The molecule has 1 aliphatic carbocycles. The van der Waals surface area contributed by atoms with Gasteiger partial charge in [-0.15, -0.1) is 0 Å². The van der Waals surface area contributed by atoms with Crippen molar-refractivity contribution in [2.45, 2.75) is 116 Å². The first kappa shape index (κ1) is 17.8. The maximum Gasteiger partial charge on any atom is -0.0323 e. The molecule has 1 rings (SSSR count). The maximum atomic E-state index is 4.26. The lowest BCUT2D eigenvalue weighted by Crippen LogP contribution is -1.86. The molecule has 0 radical (unpaired) electrons. The van der Waals surface area contributed by atoms with Crippen LogP contribution in [0.1, 0.15) is 116 Å². The van der Waals surface area contributed by atoms with Gasteiger partial charge in [-0.25, -0.2) is 0 Å². The SMILES string of the molecule is C=C1CCCCCCCCCCCCCCCCCC1. The van der Waals surface area contributed by atoms with Gasteiger partial charge in [-0.3, -0.25) is 0 Å². The van der Waals surface area contributed by atoms with Crippen molar-refractivity contribution < 1.29 is 0 Å². The van der Waals surface area contributed by atoms with E-state index in [0.717, 1.165) is 0 Å². The van der Waals surface area contributed by atoms with Crippen LogP contribution in [0.25, 0.3) is 0 Å². The minimum absolute atomic E-state index is 1.29. The van der Waals surface area contributed by atoms with Crippen LogP contribution in [0.3, 0.4) is 0 Å². The Labute approximate surface area is 128 Å². The molecule has 1 saturated carbocycles. The highest BCUT2D eigenvalue weighted by molar-refractivity contribution is 4.93. The van der Waals surface area contributed by atoms with Gasteiger partial charge in [0.1, 0.15) is 0 Å². The summed E-state index contributed by atoms with van der Waals surface area (Å²) in [5, 5.41) is 0. The van der Waals surface area contributed by atoms with Crippen LogP contribution in [-0.4, -0.2) is 0 Å². The molecular formula is C20H38. The monoisotopic (exact) mass is 278 g/mol. The highest BCUT2D eigenvalue weighted by Gasteiger charge is 1.98. The van der Waals surface area contributed by atoms with Crippen LogP contribution in [0, 0.1) is 0 Å². The van der Waals surface area contributed by atoms with Crippen LogP contribution in [0.4, 0.5) is 0 Å². The lowest BCUT2D eigenvalue weighted by atomic mass is 10.0. The molecule has 20 heavy (non-hydrogen) atoms. The summed E-state index contributed by atoms with van der Waals surface area (Å²) < 4.78 is 0. The van der Waals surface area contributed by atoms with E-state index in [9.17, 15) is 0 Å². The molecule has 0 saturated heterocycles. The van der Waals surface area contributed by atoms with E-state index in [2.05, 4.69) is 6.58 Å². The van der Waals surface area contributed by atoms with Crippen LogP contribution >= 0.6 is 0 Å². The van der Waals surface area contributed by atoms with Gasteiger partial charge in [-0.1, -0.05) is 102 Å². The van der Waals surface area contributed by atoms with Crippen molar-refractivity contribution in [3.63, 3.8) is 0 Å². The summed E-state index contributed by atoms with van der Waals surface area (Å²) in [6.45, 7) is 4.26. The summed E-state index contributed by atoms with van der Waals surface area (Å²) in [6.07, 6.45) is 25.9. The van der Waals surface area contributed by atoms with Crippen LogP contribution < -0.4 is 0 Å². The van der Waals surface area contributed by atoms with E-state index >= 15 is 0 Å². The highest BCUT2D eigenvalue weighted by Crippen LogP contribution is 2.18. The first-order valence-corrected chi connectivity index (χ1v) is 9.56. The first-order valence-electron chi connectivity index (χ1n) is 9.56. The van der Waals surface area contributed by atoms with Crippen LogP contribution in [0.5, 0.6) is 0 Å². The second kappa shape index (κ2) is 13.7. The Hall–Kier alpha value is -0.260. The Morgan fingerprint density at radius 3 is 0.800 bits per heavy atom.